The molecule has 0 saturated heterocycles. The zero-order valence-electron chi connectivity index (χ0n) is 11.7. The number of halogens is 1. The lowest BCUT2D eigenvalue weighted by Gasteiger charge is -2.09. The van der Waals surface area contributed by atoms with E-state index in [1.54, 1.807) is 0 Å². The van der Waals surface area contributed by atoms with Crippen molar-refractivity contribution in [2.75, 3.05) is 6.54 Å². The van der Waals surface area contributed by atoms with Gasteiger partial charge in [-0.2, -0.15) is 0 Å². The summed E-state index contributed by atoms with van der Waals surface area (Å²) in [4.78, 5) is 0. The third-order valence-electron chi connectivity index (χ3n) is 3.03. The highest BCUT2D eigenvalue weighted by molar-refractivity contribution is 6.31. The molecule has 0 saturated carbocycles. The number of benzene rings is 2. The number of rotatable bonds is 7. The first-order valence-corrected chi connectivity index (χ1v) is 7.33. The third-order valence-corrected chi connectivity index (χ3v) is 3.40. The number of ether oxygens (including phenoxy) is 1. The van der Waals surface area contributed by atoms with E-state index in [1.807, 2.05) is 36.4 Å². The van der Waals surface area contributed by atoms with Gasteiger partial charge in [-0.25, -0.2) is 0 Å². The van der Waals surface area contributed by atoms with Gasteiger partial charge in [-0.05, 0) is 36.7 Å². The molecule has 0 unspecified atom stereocenters. The molecule has 2 nitrogen and oxygen atoms in total. The van der Waals surface area contributed by atoms with Crippen LogP contribution >= 0.6 is 11.6 Å². The molecule has 3 heteroatoms. The molecule has 106 valence electrons. The highest BCUT2D eigenvalue weighted by atomic mass is 35.5. The number of hydrogen-bond donors (Lipinski definition) is 1. The molecule has 0 aromatic heterocycles. The van der Waals surface area contributed by atoms with Gasteiger partial charge in [-0.15, -0.1) is 0 Å². The van der Waals surface area contributed by atoms with Crippen LogP contribution in [0.5, 0.6) is 5.75 Å². The normalized spacial score (nSPS) is 10.5. The first kappa shape index (κ1) is 14.9. The standard InChI is InChI=1S/C17H20ClNO/c1-2-11-19-12-14-7-9-16(10-8-14)20-13-15-5-3-4-6-17(15)18/h3-10,19H,2,11-13H2,1H3. The molecule has 0 spiro atoms. The zero-order valence-corrected chi connectivity index (χ0v) is 12.5. The van der Waals surface area contributed by atoms with Crippen LogP contribution in [0, 0.1) is 0 Å². The van der Waals surface area contributed by atoms with Gasteiger partial charge in [0.2, 0.25) is 0 Å². The Morgan fingerprint density at radius 1 is 1.05 bits per heavy atom. The molecule has 0 bridgehead atoms. The molecule has 20 heavy (non-hydrogen) atoms. The summed E-state index contributed by atoms with van der Waals surface area (Å²) in [6, 6.07) is 15.9. The lowest BCUT2D eigenvalue weighted by Crippen LogP contribution is -2.13. The van der Waals surface area contributed by atoms with Crippen molar-refractivity contribution in [2.45, 2.75) is 26.5 Å². The van der Waals surface area contributed by atoms with Gasteiger partial charge in [0.25, 0.3) is 0 Å². The maximum Gasteiger partial charge on any atom is 0.119 e. The Labute approximate surface area is 125 Å². The SMILES string of the molecule is CCCNCc1ccc(OCc2ccccc2Cl)cc1. The summed E-state index contributed by atoms with van der Waals surface area (Å²) in [6.45, 7) is 4.61. The first-order chi connectivity index (χ1) is 9.79. The van der Waals surface area contributed by atoms with Crippen LogP contribution in [0.15, 0.2) is 48.5 Å². The van der Waals surface area contributed by atoms with Crippen molar-refractivity contribution in [3.63, 3.8) is 0 Å². The maximum atomic E-state index is 6.10. The van der Waals surface area contributed by atoms with Crippen LogP contribution < -0.4 is 10.1 Å². The monoisotopic (exact) mass is 289 g/mol. The van der Waals surface area contributed by atoms with Gasteiger partial charge in [0.05, 0.1) is 0 Å². The molecule has 0 aliphatic carbocycles. The largest absolute Gasteiger partial charge is 0.489 e. The zero-order chi connectivity index (χ0) is 14.2. The van der Waals surface area contributed by atoms with E-state index in [9.17, 15) is 0 Å². The van der Waals surface area contributed by atoms with Crippen molar-refractivity contribution in [3.05, 3.63) is 64.7 Å². The molecular weight excluding hydrogens is 270 g/mol. The predicted octanol–water partition coefficient (Wildman–Crippen LogP) is 4.42. The highest BCUT2D eigenvalue weighted by Gasteiger charge is 2.00. The second-order valence-corrected chi connectivity index (χ2v) is 5.11. The summed E-state index contributed by atoms with van der Waals surface area (Å²) in [5, 5.41) is 4.12. The summed E-state index contributed by atoms with van der Waals surface area (Å²) in [5.41, 5.74) is 2.27. The van der Waals surface area contributed by atoms with Gasteiger partial charge in [-0.3, -0.25) is 0 Å². The Balaban J connectivity index is 1.86. The molecule has 2 aromatic carbocycles. The van der Waals surface area contributed by atoms with Crippen molar-refractivity contribution < 1.29 is 4.74 Å². The fraction of sp³-hybridized carbons (Fsp3) is 0.294. The van der Waals surface area contributed by atoms with Gasteiger partial charge in [-0.1, -0.05) is 48.9 Å². The molecule has 0 aliphatic rings. The lowest BCUT2D eigenvalue weighted by molar-refractivity contribution is 0.306. The van der Waals surface area contributed by atoms with E-state index >= 15 is 0 Å². The van der Waals surface area contributed by atoms with Crippen molar-refractivity contribution in [1.82, 2.24) is 5.32 Å². The first-order valence-electron chi connectivity index (χ1n) is 6.95. The summed E-state index contributed by atoms with van der Waals surface area (Å²) >= 11 is 6.10. The van der Waals surface area contributed by atoms with E-state index in [0.29, 0.717) is 6.61 Å². The molecule has 0 fully saturated rings. The van der Waals surface area contributed by atoms with Gasteiger partial charge in [0.15, 0.2) is 0 Å². The Morgan fingerprint density at radius 3 is 2.50 bits per heavy atom. The third kappa shape index (κ3) is 4.55. The topological polar surface area (TPSA) is 21.3 Å². The van der Waals surface area contributed by atoms with Crippen molar-refractivity contribution in [2.24, 2.45) is 0 Å². The van der Waals surface area contributed by atoms with Crippen LogP contribution in [-0.4, -0.2) is 6.54 Å². The maximum absolute atomic E-state index is 6.10. The molecule has 0 aliphatic heterocycles. The fourth-order valence-corrected chi connectivity index (χ4v) is 2.08. The Morgan fingerprint density at radius 2 is 1.80 bits per heavy atom. The quantitative estimate of drug-likeness (QED) is 0.762. The molecule has 1 N–H and O–H groups in total. The minimum Gasteiger partial charge on any atom is -0.489 e. The smallest absolute Gasteiger partial charge is 0.119 e. The minimum absolute atomic E-state index is 0.493. The van der Waals surface area contributed by atoms with Crippen LogP contribution in [0.1, 0.15) is 24.5 Å². The molecular formula is C17H20ClNO. The Kier molecular flexibility index (Phi) is 5.90. The summed E-state index contributed by atoms with van der Waals surface area (Å²) in [7, 11) is 0. The van der Waals surface area contributed by atoms with Gasteiger partial charge in [0.1, 0.15) is 12.4 Å². The molecule has 0 heterocycles. The van der Waals surface area contributed by atoms with Gasteiger partial charge < -0.3 is 10.1 Å². The second-order valence-electron chi connectivity index (χ2n) is 4.70. The molecule has 2 aromatic rings. The lowest BCUT2D eigenvalue weighted by atomic mass is 10.2. The van der Waals surface area contributed by atoms with E-state index in [1.165, 1.54) is 5.56 Å². The highest BCUT2D eigenvalue weighted by Crippen LogP contribution is 2.18. The average Bonchev–Trinajstić information content (AvgIpc) is 2.48. The summed E-state index contributed by atoms with van der Waals surface area (Å²) < 4.78 is 5.75. The van der Waals surface area contributed by atoms with Gasteiger partial charge >= 0.3 is 0 Å². The van der Waals surface area contributed by atoms with Crippen molar-refractivity contribution >= 4 is 11.6 Å². The van der Waals surface area contributed by atoms with E-state index in [4.69, 9.17) is 16.3 Å². The van der Waals surface area contributed by atoms with Crippen LogP contribution in [0.25, 0.3) is 0 Å². The predicted molar refractivity (Wildman–Crippen MR) is 84.2 cm³/mol. The Hall–Kier alpha value is -1.51. The summed E-state index contributed by atoms with van der Waals surface area (Å²) in [5.74, 6) is 0.865. The number of nitrogens with one attached hydrogen (secondary N) is 1. The van der Waals surface area contributed by atoms with Gasteiger partial charge in [0, 0.05) is 17.1 Å². The summed E-state index contributed by atoms with van der Waals surface area (Å²) in [6.07, 6.45) is 1.15. The average molecular weight is 290 g/mol. The second kappa shape index (κ2) is 7.93. The molecule has 0 atom stereocenters. The van der Waals surface area contributed by atoms with Crippen LogP contribution in [0.4, 0.5) is 0 Å². The molecule has 2 rings (SSSR count). The van der Waals surface area contributed by atoms with Crippen LogP contribution in [0.2, 0.25) is 5.02 Å². The van der Waals surface area contributed by atoms with E-state index in [2.05, 4.69) is 24.4 Å². The van der Waals surface area contributed by atoms with Crippen molar-refractivity contribution in [1.29, 1.82) is 0 Å². The Bertz CT molecular complexity index is 525. The van der Waals surface area contributed by atoms with Crippen molar-refractivity contribution in [3.8, 4) is 5.75 Å². The van der Waals surface area contributed by atoms with E-state index in [-0.39, 0.29) is 0 Å². The fourth-order valence-electron chi connectivity index (χ4n) is 1.89. The number of hydrogen-bond acceptors (Lipinski definition) is 2. The van der Waals surface area contributed by atoms with Crippen LogP contribution in [0.3, 0.4) is 0 Å². The molecule has 0 amide bonds. The minimum atomic E-state index is 0.493. The van der Waals surface area contributed by atoms with Crippen LogP contribution in [-0.2, 0) is 13.2 Å². The molecule has 0 radical (unpaired) electrons. The van der Waals surface area contributed by atoms with E-state index in [0.717, 1.165) is 35.8 Å². The van der Waals surface area contributed by atoms with E-state index < -0.39 is 0 Å².